The van der Waals surface area contributed by atoms with Gasteiger partial charge in [-0.15, -0.1) is 0 Å². The Labute approximate surface area is 152 Å². The van der Waals surface area contributed by atoms with E-state index in [0.29, 0.717) is 6.54 Å². The van der Waals surface area contributed by atoms with Gasteiger partial charge in [-0.2, -0.15) is 0 Å². The number of H-pyrrole nitrogens is 1. The first kappa shape index (κ1) is 17.0. The molecule has 0 saturated carbocycles. The molecule has 2 aromatic rings. The zero-order chi connectivity index (χ0) is 17.9. The fraction of sp³-hybridized carbons (Fsp3) is 0.450. The minimum Gasteiger partial charge on any atom is -0.350 e. The zero-order valence-corrected chi connectivity index (χ0v) is 14.8. The van der Waals surface area contributed by atoms with Gasteiger partial charge in [0.25, 0.3) is 11.5 Å². The molecule has 1 saturated heterocycles. The van der Waals surface area contributed by atoms with Crippen LogP contribution in [0.25, 0.3) is 0 Å². The van der Waals surface area contributed by atoms with Crippen LogP contribution in [0.5, 0.6) is 0 Å². The Morgan fingerprint density at radius 3 is 2.88 bits per heavy atom. The van der Waals surface area contributed by atoms with Crippen LogP contribution in [0, 0.1) is 0 Å². The Bertz CT molecular complexity index is 841. The first-order chi connectivity index (χ1) is 12.7. The van der Waals surface area contributed by atoms with Gasteiger partial charge in [0.15, 0.2) is 0 Å². The summed E-state index contributed by atoms with van der Waals surface area (Å²) in [5.41, 5.74) is 3.10. The van der Waals surface area contributed by atoms with Gasteiger partial charge in [-0.3, -0.25) is 19.5 Å². The summed E-state index contributed by atoms with van der Waals surface area (Å²) in [4.78, 5) is 34.4. The Morgan fingerprint density at radius 1 is 1.27 bits per heavy atom. The molecular formula is C20H24N4O2. The van der Waals surface area contributed by atoms with Crippen LogP contribution in [0.1, 0.15) is 52.5 Å². The molecule has 2 aromatic heterocycles. The molecule has 1 fully saturated rings. The highest BCUT2D eigenvalue weighted by atomic mass is 16.2. The topological polar surface area (TPSA) is 78.1 Å². The Hall–Kier alpha value is -2.47. The number of hydrogen-bond donors (Lipinski definition) is 2. The van der Waals surface area contributed by atoms with E-state index in [2.05, 4.69) is 20.2 Å². The van der Waals surface area contributed by atoms with E-state index < -0.39 is 0 Å². The van der Waals surface area contributed by atoms with Gasteiger partial charge in [0.2, 0.25) is 0 Å². The molecule has 0 spiro atoms. The smallest absolute Gasteiger partial charge is 0.261 e. The molecule has 0 radical (unpaired) electrons. The maximum absolute atomic E-state index is 12.7. The van der Waals surface area contributed by atoms with Crippen LogP contribution in [-0.2, 0) is 12.8 Å². The lowest BCUT2D eigenvalue weighted by atomic mass is 10.1. The van der Waals surface area contributed by atoms with E-state index in [9.17, 15) is 9.59 Å². The largest absolute Gasteiger partial charge is 0.350 e. The lowest BCUT2D eigenvalue weighted by molar-refractivity contribution is 0.0936. The van der Waals surface area contributed by atoms with Crippen molar-refractivity contribution in [2.75, 3.05) is 19.6 Å². The molecular weight excluding hydrogens is 328 g/mol. The van der Waals surface area contributed by atoms with Gasteiger partial charge in [-0.05, 0) is 68.5 Å². The molecule has 26 heavy (non-hydrogen) atoms. The van der Waals surface area contributed by atoms with Gasteiger partial charge in [0.05, 0.1) is 6.04 Å². The predicted molar refractivity (Wildman–Crippen MR) is 99.2 cm³/mol. The molecule has 1 unspecified atom stereocenters. The lowest BCUT2D eigenvalue weighted by Gasteiger charge is -2.27. The second-order valence-corrected chi connectivity index (χ2v) is 7.12. The van der Waals surface area contributed by atoms with E-state index >= 15 is 0 Å². The van der Waals surface area contributed by atoms with Gasteiger partial charge < -0.3 is 10.3 Å². The zero-order valence-electron chi connectivity index (χ0n) is 14.8. The van der Waals surface area contributed by atoms with Crippen LogP contribution >= 0.6 is 0 Å². The average Bonchev–Trinajstić information content (AvgIpc) is 3.33. The van der Waals surface area contributed by atoms with Crippen molar-refractivity contribution in [2.45, 2.75) is 38.1 Å². The number of nitrogens with zero attached hydrogens (tertiary/aromatic N) is 2. The van der Waals surface area contributed by atoms with Crippen molar-refractivity contribution in [3.05, 3.63) is 63.3 Å². The van der Waals surface area contributed by atoms with Crippen LogP contribution in [0.15, 0.2) is 35.4 Å². The normalized spacial score (nSPS) is 17.8. The Balaban J connectivity index is 1.51. The second kappa shape index (κ2) is 7.41. The molecule has 2 aliphatic rings. The van der Waals surface area contributed by atoms with Crippen molar-refractivity contribution in [3.63, 3.8) is 0 Å². The highest BCUT2D eigenvalue weighted by Gasteiger charge is 2.25. The number of aromatic nitrogens is 2. The molecule has 1 atom stereocenters. The molecule has 136 valence electrons. The highest BCUT2D eigenvalue weighted by Crippen LogP contribution is 2.24. The molecule has 0 bridgehead atoms. The highest BCUT2D eigenvalue weighted by molar-refractivity contribution is 5.94. The summed E-state index contributed by atoms with van der Waals surface area (Å²) < 4.78 is 0. The molecule has 0 aromatic carbocycles. The molecule has 6 nitrogen and oxygen atoms in total. The fourth-order valence-electron chi connectivity index (χ4n) is 4.05. The maximum atomic E-state index is 12.7. The summed E-state index contributed by atoms with van der Waals surface area (Å²) in [6.07, 6.45) is 8.83. The summed E-state index contributed by atoms with van der Waals surface area (Å²) >= 11 is 0. The van der Waals surface area contributed by atoms with Gasteiger partial charge in [0, 0.05) is 24.6 Å². The number of hydrogen-bond acceptors (Lipinski definition) is 4. The first-order valence-corrected chi connectivity index (χ1v) is 9.39. The Kier molecular flexibility index (Phi) is 4.84. The number of aromatic amines is 1. The molecule has 3 heterocycles. The van der Waals surface area contributed by atoms with E-state index in [1.54, 1.807) is 12.3 Å². The van der Waals surface area contributed by atoms with Crippen LogP contribution in [0.2, 0.25) is 0 Å². The van der Waals surface area contributed by atoms with Gasteiger partial charge >= 0.3 is 0 Å². The molecule has 6 heteroatoms. The van der Waals surface area contributed by atoms with Gasteiger partial charge in [-0.25, -0.2) is 0 Å². The van der Waals surface area contributed by atoms with Gasteiger partial charge in [-0.1, -0.05) is 6.07 Å². The molecule has 1 amide bonds. The number of pyridine rings is 2. The first-order valence-electron chi connectivity index (χ1n) is 9.39. The van der Waals surface area contributed by atoms with Crippen LogP contribution in [0.3, 0.4) is 0 Å². The summed E-state index contributed by atoms with van der Waals surface area (Å²) in [5, 5.41) is 2.98. The van der Waals surface area contributed by atoms with E-state index in [0.717, 1.165) is 49.2 Å². The number of carbonyl (C=O) groups excluding carboxylic acids is 1. The van der Waals surface area contributed by atoms with Crippen molar-refractivity contribution < 1.29 is 4.79 Å². The van der Waals surface area contributed by atoms with E-state index in [4.69, 9.17) is 0 Å². The number of likely N-dealkylation sites (tertiary alicyclic amines) is 1. The predicted octanol–water partition coefficient (Wildman–Crippen LogP) is 1.83. The molecule has 2 N–H and O–H groups in total. The number of nitrogens with one attached hydrogen (secondary N) is 2. The fourth-order valence-corrected chi connectivity index (χ4v) is 4.05. The third kappa shape index (κ3) is 3.42. The quantitative estimate of drug-likeness (QED) is 0.860. The van der Waals surface area contributed by atoms with E-state index in [1.165, 1.54) is 12.8 Å². The van der Waals surface area contributed by atoms with Crippen LogP contribution in [-0.4, -0.2) is 40.4 Å². The van der Waals surface area contributed by atoms with Crippen molar-refractivity contribution in [3.8, 4) is 0 Å². The number of carbonyl (C=O) groups is 1. The summed E-state index contributed by atoms with van der Waals surface area (Å²) in [6.45, 7) is 2.52. The summed E-state index contributed by atoms with van der Waals surface area (Å²) in [5.74, 6) is -0.297. The molecule has 4 rings (SSSR count). The van der Waals surface area contributed by atoms with E-state index in [1.807, 2.05) is 18.3 Å². The number of amides is 1. The van der Waals surface area contributed by atoms with E-state index in [-0.39, 0.29) is 23.1 Å². The minimum absolute atomic E-state index is 0.0867. The van der Waals surface area contributed by atoms with Crippen molar-refractivity contribution >= 4 is 5.91 Å². The summed E-state index contributed by atoms with van der Waals surface area (Å²) in [6, 6.07) is 5.82. The standard InChI is InChI=1S/C20H24N4O2/c25-19(16-11-14-5-3-7-17(14)23-20(16)26)22-13-18(24-9-1-2-10-24)15-6-4-8-21-12-15/h4,6,8,11-12,18H,1-3,5,7,9-10,13H2,(H,22,25)(H,23,26). The average molecular weight is 352 g/mol. The number of rotatable bonds is 5. The third-order valence-electron chi connectivity index (χ3n) is 5.44. The van der Waals surface area contributed by atoms with Crippen LogP contribution in [0.4, 0.5) is 0 Å². The lowest BCUT2D eigenvalue weighted by Crippen LogP contribution is -2.38. The van der Waals surface area contributed by atoms with Crippen molar-refractivity contribution in [2.24, 2.45) is 0 Å². The molecule has 1 aliphatic heterocycles. The number of fused-ring (bicyclic) bond motifs is 1. The minimum atomic E-state index is -0.297. The third-order valence-corrected chi connectivity index (χ3v) is 5.44. The Morgan fingerprint density at radius 2 is 2.12 bits per heavy atom. The van der Waals surface area contributed by atoms with Gasteiger partial charge in [0.1, 0.15) is 5.56 Å². The van der Waals surface area contributed by atoms with Crippen molar-refractivity contribution in [1.29, 1.82) is 0 Å². The van der Waals surface area contributed by atoms with Crippen molar-refractivity contribution in [1.82, 2.24) is 20.2 Å². The second-order valence-electron chi connectivity index (χ2n) is 7.12. The monoisotopic (exact) mass is 352 g/mol. The van der Waals surface area contributed by atoms with Crippen LogP contribution < -0.4 is 10.9 Å². The molecule has 1 aliphatic carbocycles. The maximum Gasteiger partial charge on any atom is 0.261 e. The number of aryl methyl sites for hydroxylation is 2. The SMILES string of the molecule is O=C(NCC(c1cccnc1)N1CCCC1)c1cc2c([nH]c1=O)CCC2. The summed E-state index contributed by atoms with van der Waals surface area (Å²) in [7, 11) is 0.